The molecular weight excluding hydrogens is 258 g/mol. The van der Waals surface area contributed by atoms with Gasteiger partial charge < -0.3 is 10.1 Å². The molecule has 0 saturated carbocycles. The molecule has 2 aromatic rings. The zero-order chi connectivity index (χ0) is 15.2. The maximum absolute atomic E-state index is 5.89. The molecule has 2 rings (SSSR count). The van der Waals surface area contributed by atoms with E-state index >= 15 is 0 Å². The number of ether oxygens (including phenoxy) is 1. The molecule has 0 radical (unpaired) electrons. The molecule has 0 atom stereocenters. The minimum Gasteiger partial charge on any atom is -0.489 e. The lowest BCUT2D eigenvalue weighted by atomic mass is 10.1. The molecule has 0 aliphatic heterocycles. The molecule has 1 N–H and O–H groups in total. The third-order valence-corrected chi connectivity index (χ3v) is 3.59. The summed E-state index contributed by atoms with van der Waals surface area (Å²) in [7, 11) is 0. The molecule has 0 saturated heterocycles. The van der Waals surface area contributed by atoms with Gasteiger partial charge in [0.05, 0.1) is 0 Å². The molecule has 0 unspecified atom stereocenters. The summed E-state index contributed by atoms with van der Waals surface area (Å²) in [5.74, 6) is 0.934. The van der Waals surface area contributed by atoms with Crippen LogP contribution in [-0.4, -0.2) is 6.04 Å². The van der Waals surface area contributed by atoms with Gasteiger partial charge in [-0.05, 0) is 48.2 Å². The highest BCUT2D eigenvalue weighted by Crippen LogP contribution is 2.18. The Labute approximate surface area is 128 Å². The van der Waals surface area contributed by atoms with Crippen molar-refractivity contribution in [3.8, 4) is 5.75 Å². The average Bonchev–Trinajstić information content (AvgIpc) is 2.47. The van der Waals surface area contributed by atoms with Crippen molar-refractivity contribution in [3.63, 3.8) is 0 Å². The Balaban J connectivity index is 1.96. The molecule has 0 aliphatic carbocycles. The van der Waals surface area contributed by atoms with Crippen LogP contribution in [0.25, 0.3) is 0 Å². The largest absolute Gasteiger partial charge is 0.489 e. The first-order valence-electron chi connectivity index (χ1n) is 7.56. The molecule has 0 spiro atoms. The number of rotatable bonds is 6. The zero-order valence-electron chi connectivity index (χ0n) is 13.4. The van der Waals surface area contributed by atoms with Crippen molar-refractivity contribution in [2.45, 2.75) is 46.9 Å². The average molecular weight is 283 g/mol. The topological polar surface area (TPSA) is 21.3 Å². The van der Waals surface area contributed by atoms with Crippen LogP contribution in [0.4, 0.5) is 0 Å². The van der Waals surface area contributed by atoms with E-state index in [0.717, 1.165) is 12.3 Å². The van der Waals surface area contributed by atoms with Gasteiger partial charge in [-0.25, -0.2) is 0 Å². The van der Waals surface area contributed by atoms with E-state index in [0.29, 0.717) is 12.6 Å². The van der Waals surface area contributed by atoms with Gasteiger partial charge in [0, 0.05) is 12.6 Å². The van der Waals surface area contributed by atoms with E-state index in [4.69, 9.17) is 4.74 Å². The number of hydrogen-bond acceptors (Lipinski definition) is 2. The highest BCUT2D eigenvalue weighted by Gasteiger charge is 2.01. The third kappa shape index (κ3) is 4.91. The molecule has 0 aromatic heterocycles. The summed E-state index contributed by atoms with van der Waals surface area (Å²) in [6.45, 7) is 10.1. The lowest BCUT2D eigenvalue weighted by molar-refractivity contribution is 0.306. The highest BCUT2D eigenvalue weighted by atomic mass is 16.5. The Morgan fingerprint density at radius 2 is 1.71 bits per heavy atom. The predicted molar refractivity (Wildman–Crippen MR) is 88.7 cm³/mol. The van der Waals surface area contributed by atoms with E-state index in [2.05, 4.69) is 69.4 Å². The van der Waals surface area contributed by atoms with Crippen LogP contribution in [0.5, 0.6) is 5.75 Å². The summed E-state index contributed by atoms with van der Waals surface area (Å²) < 4.78 is 5.89. The van der Waals surface area contributed by atoms with Gasteiger partial charge in [0.15, 0.2) is 0 Å². The molecule has 0 fully saturated rings. The van der Waals surface area contributed by atoms with E-state index in [1.807, 2.05) is 6.07 Å². The first-order chi connectivity index (χ1) is 10.0. The number of nitrogens with one attached hydrogen (secondary N) is 1. The standard InChI is InChI=1S/C19H25NO/c1-14(2)20-12-17-6-5-7-18(11-17)13-21-19-9-8-15(3)16(4)10-19/h5-11,14,20H,12-13H2,1-4H3. The fourth-order valence-corrected chi connectivity index (χ4v) is 2.12. The summed E-state index contributed by atoms with van der Waals surface area (Å²) in [4.78, 5) is 0. The van der Waals surface area contributed by atoms with Crippen molar-refractivity contribution in [3.05, 3.63) is 64.7 Å². The summed E-state index contributed by atoms with van der Waals surface area (Å²) in [5, 5.41) is 3.44. The Hall–Kier alpha value is -1.80. The second kappa shape index (κ2) is 7.28. The van der Waals surface area contributed by atoms with Gasteiger partial charge in [-0.2, -0.15) is 0 Å². The van der Waals surface area contributed by atoms with Crippen LogP contribution >= 0.6 is 0 Å². The molecule has 0 amide bonds. The van der Waals surface area contributed by atoms with Gasteiger partial charge in [0.2, 0.25) is 0 Å². The Kier molecular flexibility index (Phi) is 5.40. The van der Waals surface area contributed by atoms with E-state index < -0.39 is 0 Å². The van der Waals surface area contributed by atoms with Crippen LogP contribution < -0.4 is 10.1 Å². The third-order valence-electron chi connectivity index (χ3n) is 3.59. The molecule has 0 bridgehead atoms. The van der Waals surface area contributed by atoms with E-state index in [-0.39, 0.29) is 0 Å². The number of benzene rings is 2. The smallest absolute Gasteiger partial charge is 0.120 e. The molecule has 0 aliphatic rings. The van der Waals surface area contributed by atoms with E-state index in [1.54, 1.807) is 0 Å². The van der Waals surface area contributed by atoms with Gasteiger partial charge in [0.25, 0.3) is 0 Å². The molecule has 2 heteroatoms. The van der Waals surface area contributed by atoms with E-state index in [1.165, 1.54) is 22.3 Å². The summed E-state index contributed by atoms with van der Waals surface area (Å²) in [5.41, 5.74) is 5.06. The van der Waals surface area contributed by atoms with Crippen molar-refractivity contribution >= 4 is 0 Å². The highest BCUT2D eigenvalue weighted by molar-refractivity contribution is 5.34. The van der Waals surface area contributed by atoms with Gasteiger partial charge in [-0.15, -0.1) is 0 Å². The summed E-state index contributed by atoms with van der Waals surface area (Å²) in [6, 6.07) is 15.3. The number of aryl methyl sites for hydroxylation is 2. The second-order valence-corrected chi connectivity index (χ2v) is 5.89. The van der Waals surface area contributed by atoms with Crippen LogP contribution in [0.3, 0.4) is 0 Å². The first kappa shape index (κ1) is 15.6. The maximum atomic E-state index is 5.89. The molecular formula is C19H25NO. The lowest BCUT2D eigenvalue weighted by Crippen LogP contribution is -2.21. The van der Waals surface area contributed by atoms with E-state index in [9.17, 15) is 0 Å². The minimum absolute atomic E-state index is 0.500. The Bertz CT molecular complexity index is 590. The second-order valence-electron chi connectivity index (χ2n) is 5.89. The quantitative estimate of drug-likeness (QED) is 0.849. The fourth-order valence-electron chi connectivity index (χ4n) is 2.12. The van der Waals surface area contributed by atoms with Crippen molar-refractivity contribution in [1.29, 1.82) is 0 Å². The first-order valence-corrected chi connectivity index (χ1v) is 7.56. The normalized spacial score (nSPS) is 10.9. The van der Waals surface area contributed by atoms with Crippen LogP contribution in [0.2, 0.25) is 0 Å². The maximum Gasteiger partial charge on any atom is 0.120 e. The fraction of sp³-hybridized carbons (Fsp3) is 0.368. The zero-order valence-corrected chi connectivity index (χ0v) is 13.4. The molecule has 0 heterocycles. The van der Waals surface area contributed by atoms with Gasteiger partial charge >= 0.3 is 0 Å². The van der Waals surface area contributed by atoms with Gasteiger partial charge in [0.1, 0.15) is 12.4 Å². The predicted octanol–water partition coefficient (Wildman–Crippen LogP) is 4.38. The van der Waals surface area contributed by atoms with Crippen molar-refractivity contribution in [2.75, 3.05) is 0 Å². The van der Waals surface area contributed by atoms with Crippen LogP contribution in [-0.2, 0) is 13.2 Å². The Morgan fingerprint density at radius 1 is 0.952 bits per heavy atom. The van der Waals surface area contributed by atoms with Crippen LogP contribution in [0.1, 0.15) is 36.1 Å². The van der Waals surface area contributed by atoms with Crippen molar-refractivity contribution < 1.29 is 4.74 Å². The van der Waals surface area contributed by atoms with Crippen molar-refractivity contribution in [2.24, 2.45) is 0 Å². The van der Waals surface area contributed by atoms with Crippen LogP contribution in [0, 0.1) is 13.8 Å². The van der Waals surface area contributed by atoms with Gasteiger partial charge in [-0.3, -0.25) is 0 Å². The Morgan fingerprint density at radius 3 is 2.43 bits per heavy atom. The minimum atomic E-state index is 0.500. The lowest BCUT2D eigenvalue weighted by Gasteiger charge is -2.11. The molecule has 112 valence electrons. The summed E-state index contributed by atoms with van der Waals surface area (Å²) >= 11 is 0. The van der Waals surface area contributed by atoms with Crippen molar-refractivity contribution in [1.82, 2.24) is 5.32 Å². The molecule has 2 aromatic carbocycles. The van der Waals surface area contributed by atoms with Gasteiger partial charge in [-0.1, -0.05) is 44.2 Å². The molecule has 2 nitrogen and oxygen atoms in total. The SMILES string of the molecule is Cc1ccc(OCc2cccc(CNC(C)C)c2)cc1C. The monoisotopic (exact) mass is 283 g/mol. The summed E-state index contributed by atoms with van der Waals surface area (Å²) in [6.07, 6.45) is 0. The van der Waals surface area contributed by atoms with Crippen LogP contribution in [0.15, 0.2) is 42.5 Å². The molecule has 21 heavy (non-hydrogen) atoms. The number of hydrogen-bond donors (Lipinski definition) is 1.